The van der Waals surface area contributed by atoms with Gasteiger partial charge in [0, 0.05) is 18.0 Å². The number of rotatable bonds is 3. The van der Waals surface area contributed by atoms with E-state index in [1.54, 1.807) is 30.3 Å². The van der Waals surface area contributed by atoms with Crippen LogP contribution in [0.3, 0.4) is 0 Å². The van der Waals surface area contributed by atoms with Crippen molar-refractivity contribution in [1.29, 1.82) is 10.5 Å². The summed E-state index contributed by atoms with van der Waals surface area (Å²) in [6.45, 7) is 3.28. The van der Waals surface area contributed by atoms with Gasteiger partial charge >= 0.3 is 0 Å². The first-order valence-corrected chi connectivity index (χ1v) is 9.90. The molecular weight excluding hydrogens is 400 g/mol. The molecule has 3 aromatic carbocycles. The summed E-state index contributed by atoms with van der Waals surface area (Å²) in [5.41, 5.74) is 4.36. The fraction of sp³-hybridized carbons (Fsp3) is 0.0769. The Hall–Kier alpha value is -4.68. The third-order valence-electron chi connectivity index (χ3n) is 5.24. The van der Waals surface area contributed by atoms with Gasteiger partial charge in [-0.05, 0) is 60.0 Å². The van der Waals surface area contributed by atoms with Crippen molar-refractivity contribution in [3.8, 4) is 29.0 Å². The number of hydrogen-bond donors (Lipinski definition) is 1. The summed E-state index contributed by atoms with van der Waals surface area (Å²) in [5, 5.41) is 22.4. The zero-order valence-corrected chi connectivity index (χ0v) is 17.5. The van der Waals surface area contributed by atoms with E-state index in [0.29, 0.717) is 22.5 Å². The molecule has 0 spiro atoms. The lowest BCUT2D eigenvalue weighted by molar-refractivity contribution is -0.114. The predicted molar refractivity (Wildman–Crippen MR) is 123 cm³/mol. The number of nitrogens with zero attached hydrogens (tertiary/aromatic N) is 3. The number of carbonyl (C=O) groups is 1. The van der Waals surface area contributed by atoms with Gasteiger partial charge in [-0.2, -0.15) is 10.5 Å². The topological polar surface area (TPSA) is 98.7 Å². The Bertz CT molecular complexity index is 1530. The zero-order valence-electron chi connectivity index (χ0n) is 17.5. The lowest BCUT2D eigenvalue weighted by Gasteiger charge is -2.14. The fourth-order valence-electron chi connectivity index (χ4n) is 3.67. The van der Waals surface area contributed by atoms with E-state index in [4.69, 9.17) is 0 Å². The standard InChI is InChI=1S/C26H18N4O2/c1-16-6-9-24(12-21(16)14-27)30-25-13-19(7-8-20(25)10-22(15-28)26(30)32)18-4-3-5-23(11-18)29-17(2)31/h3-13H,1-2H3,(H,29,31). The molecule has 4 aromatic rings. The van der Waals surface area contributed by atoms with Crippen molar-refractivity contribution in [2.24, 2.45) is 0 Å². The highest BCUT2D eigenvalue weighted by molar-refractivity contribution is 5.91. The SMILES string of the molecule is CC(=O)Nc1cccc(-c2ccc3cc(C#N)c(=O)n(-c4ccc(C)c(C#N)c4)c3c2)c1. The van der Waals surface area contributed by atoms with Crippen LogP contribution in [0.2, 0.25) is 0 Å². The van der Waals surface area contributed by atoms with Gasteiger partial charge in [-0.15, -0.1) is 0 Å². The molecule has 1 N–H and O–H groups in total. The largest absolute Gasteiger partial charge is 0.326 e. The maximum atomic E-state index is 13.1. The molecule has 0 saturated carbocycles. The maximum Gasteiger partial charge on any atom is 0.273 e. The van der Waals surface area contributed by atoms with Crippen molar-refractivity contribution in [2.75, 3.05) is 5.32 Å². The minimum Gasteiger partial charge on any atom is -0.326 e. The molecule has 1 aromatic heterocycles. The molecule has 0 radical (unpaired) electrons. The van der Waals surface area contributed by atoms with Crippen LogP contribution in [-0.4, -0.2) is 10.5 Å². The summed E-state index contributed by atoms with van der Waals surface area (Å²) in [6, 6.07) is 23.9. The van der Waals surface area contributed by atoms with Crippen LogP contribution in [0.5, 0.6) is 0 Å². The van der Waals surface area contributed by atoms with Crippen LogP contribution in [0.15, 0.2) is 71.5 Å². The van der Waals surface area contributed by atoms with Gasteiger partial charge in [-0.25, -0.2) is 0 Å². The van der Waals surface area contributed by atoms with Crippen molar-refractivity contribution in [1.82, 2.24) is 4.57 Å². The van der Waals surface area contributed by atoms with E-state index in [0.717, 1.165) is 22.1 Å². The Kier molecular flexibility index (Phi) is 5.29. The molecule has 6 heteroatoms. The highest BCUT2D eigenvalue weighted by Gasteiger charge is 2.13. The first kappa shape index (κ1) is 20.6. The summed E-state index contributed by atoms with van der Waals surface area (Å²) in [4.78, 5) is 24.5. The van der Waals surface area contributed by atoms with Gasteiger partial charge < -0.3 is 5.32 Å². The van der Waals surface area contributed by atoms with E-state index in [1.165, 1.54) is 11.5 Å². The van der Waals surface area contributed by atoms with Crippen LogP contribution in [-0.2, 0) is 4.79 Å². The summed E-state index contributed by atoms with van der Waals surface area (Å²) >= 11 is 0. The van der Waals surface area contributed by atoms with Crippen LogP contribution in [0.4, 0.5) is 5.69 Å². The number of aromatic nitrogens is 1. The molecule has 0 unspecified atom stereocenters. The molecule has 0 aliphatic carbocycles. The Balaban J connectivity index is 1.99. The Morgan fingerprint density at radius 3 is 2.38 bits per heavy atom. The van der Waals surface area contributed by atoms with Crippen molar-refractivity contribution in [2.45, 2.75) is 13.8 Å². The van der Waals surface area contributed by atoms with E-state index in [9.17, 15) is 20.1 Å². The highest BCUT2D eigenvalue weighted by Crippen LogP contribution is 2.28. The van der Waals surface area contributed by atoms with Gasteiger partial charge in [0.2, 0.25) is 5.91 Å². The highest BCUT2D eigenvalue weighted by atomic mass is 16.1. The van der Waals surface area contributed by atoms with Crippen LogP contribution >= 0.6 is 0 Å². The minimum atomic E-state index is -0.447. The third-order valence-corrected chi connectivity index (χ3v) is 5.24. The summed E-state index contributed by atoms with van der Waals surface area (Å²) in [7, 11) is 0. The smallest absolute Gasteiger partial charge is 0.273 e. The van der Waals surface area contributed by atoms with Gasteiger partial charge in [0.25, 0.3) is 5.56 Å². The lowest BCUT2D eigenvalue weighted by Crippen LogP contribution is -2.21. The molecule has 0 aliphatic rings. The molecule has 154 valence electrons. The maximum absolute atomic E-state index is 13.1. The number of amides is 1. The summed E-state index contributed by atoms with van der Waals surface area (Å²) in [5.74, 6) is -0.161. The van der Waals surface area contributed by atoms with Gasteiger partial charge in [-0.1, -0.05) is 30.3 Å². The first-order chi connectivity index (χ1) is 15.4. The molecule has 0 atom stereocenters. The average Bonchev–Trinajstić information content (AvgIpc) is 2.78. The Morgan fingerprint density at radius 2 is 1.66 bits per heavy atom. The molecule has 0 bridgehead atoms. The molecule has 6 nitrogen and oxygen atoms in total. The number of carbonyl (C=O) groups excluding carboxylic acids is 1. The van der Waals surface area contributed by atoms with Crippen LogP contribution in [0.1, 0.15) is 23.6 Å². The molecule has 0 aliphatic heterocycles. The average molecular weight is 418 g/mol. The second-order valence-electron chi connectivity index (χ2n) is 7.46. The van der Waals surface area contributed by atoms with Crippen LogP contribution in [0, 0.1) is 29.6 Å². The number of benzene rings is 3. The molecule has 0 saturated heterocycles. The van der Waals surface area contributed by atoms with E-state index in [1.807, 2.05) is 49.4 Å². The first-order valence-electron chi connectivity index (χ1n) is 9.90. The minimum absolute atomic E-state index is 0.0250. The lowest BCUT2D eigenvalue weighted by atomic mass is 10.0. The van der Waals surface area contributed by atoms with E-state index in [-0.39, 0.29) is 11.5 Å². The second-order valence-corrected chi connectivity index (χ2v) is 7.46. The molecule has 32 heavy (non-hydrogen) atoms. The molecule has 1 heterocycles. The third kappa shape index (κ3) is 3.74. The Labute approximate surface area is 184 Å². The molecular formula is C26H18N4O2. The van der Waals surface area contributed by atoms with Crippen LogP contribution in [0.25, 0.3) is 27.7 Å². The van der Waals surface area contributed by atoms with Crippen molar-refractivity contribution in [3.63, 3.8) is 0 Å². The molecule has 4 rings (SSSR count). The van der Waals surface area contributed by atoms with Gasteiger partial charge in [-0.3, -0.25) is 14.2 Å². The van der Waals surface area contributed by atoms with Crippen molar-refractivity contribution >= 4 is 22.5 Å². The number of nitriles is 2. The Morgan fingerprint density at radius 1 is 0.906 bits per heavy atom. The number of nitrogens with one attached hydrogen (secondary N) is 1. The van der Waals surface area contributed by atoms with Gasteiger partial charge in [0.1, 0.15) is 11.6 Å². The van der Waals surface area contributed by atoms with Crippen LogP contribution < -0.4 is 10.9 Å². The number of pyridine rings is 1. The number of hydrogen-bond acceptors (Lipinski definition) is 4. The molecule has 0 fully saturated rings. The summed E-state index contributed by atoms with van der Waals surface area (Å²) < 4.78 is 1.47. The van der Waals surface area contributed by atoms with Crippen molar-refractivity contribution < 1.29 is 4.79 Å². The second kappa shape index (κ2) is 8.22. The zero-order chi connectivity index (χ0) is 22.8. The van der Waals surface area contributed by atoms with Crippen molar-refractivity contribution in [3.05, 3.63) is 93.8 Å². The van der Waals surface area contributed by atoms with E-state index < -0.39 is 5.56 Å². The summed E-state index contributed by atoms with van der Waals surface area (Å²) in [6.07, 6.45) is 0. The van der Waals surface area contributed by atoms with E-state index >= 15 is 0 Å². The molecule has 1 amide bonds. The predicted octanol–water partition coefficient (Wildman–Crippen LogP) is 4.67. The quantitative estimate of drug-likeness (QED) is 0.523. The van der Waals surface area contributed by atoms with Gasteiger partial charge in [0.05, 0.1) is 22.8 Å². The number of aryl methyl sites for hydroxylation is 1. The normalized spacial score (nSPS) is 10.4. The van der Waals surface area contributed by atoms with E-state index in [2.05, 4.69) is 11.4 Å². The number of fused-ring (bicyclic) bond motifs is 1. The van der Waals surface area contributed by atoms with Gasteiger partial charge in [0.15, 0.2) is 0 Å². The number of anilines is 1. The monoisotopic (exact) mass is 418 g/mol. The fourth-order valence-corrected chi connectivity index (χ4v) is 3.67.